The number of nitrogens with two attached hydrogens (primary N) is 1. The first-order chi connectivity index (χ1) is 7.59. The molecule has 4 heteroatoms. The minimum Gasteiger partial charge on any atom is -0.326 e. The zero-order valence-electron chi connectivity index (χ0n) is 10.4. The van der Waals surface area contributed by atoms with E-state index >= 15 is 0 Å². The number of hydrogen-bond donors (Lipinski definition) is 1. The molecule has 0 aliphatic carbocycles. The number of aryl methyl sites for hydroxylation is 1. The molecule has 2 heterocycles. The third-order valence-electron chi connectivity index (χ3n) is 3.53. The van der Waals surface area contributed by atoms with Gasteiger partial charge in [-0.15, -0.1) is 0 Å². The SMILES string of the molecule is CC(N)C(c1cnn(C)c1)N1CCCC1C. The Bertz CT molecular complexity index is 345. The first-order valence-electron chi connectivity index (χ1n) is 6.09. The van der Waals surface area contributed by atoms with Crippen LogP contribution in [0.5, 0.6) is 0 Å². The van der Waals surface area contributed by atoms with Gasteiger partial charge in [0, 0.05) is 30.9 Å². The quantitative estimate of drug-likeness (QED) is 0.838. The minimum absolute atomic E-state index is 0.143. The van der Waals surface area contributed by atoms with Gasteiger partial charge < -0.3 is 5.73 Å². The van der Waals surface area contributed by atoms with Crippen molar-refractivity contribution in [2.75, 3.05) is 6.54 Å². The van der Waals surface area contributed by atoms with Crippen molar-refractivity contribution in [2.45, 2.75) is 44.8 Å². The molecule has 1 aromatic heterocycles. The molecule has 0 amide bonds. The molecule has 0 radical (unpaired) electrons. The van der Waals surface area contributed by atoms with Crippen LogP contribution in [0.25, 0.3) is 0 Å². The Balaban J connectivity index is 2.23. The monoisotopic (exact) mass is 222 g/mol. The van der Waals surface area contributed by atoms with Crippen molar-refractivity contribution in [1.82, 2.24) is 14.7 Å². The van der Waals surface area contributed by atoms with Crippen LogP contribution in [-0.4, -0.2) is 33.3 Å². The maximum absolute atomic E-state index is 6.14. The van der Waals surface area contributed by atoms with E-state index in [9.17, 15) is 0 Å². The van der Waals surface area contributed by atoms with Crippen LogP contribution in [0.15, 0.2) is 12.4 Å². The van der Waals surface area contributed by atoms with Crippen molar-refractivity contribution in [3.63, 3.8) is 0 Å². The predicted octanol–water partition coefficient (Wildman–Crippen LogP) is 1.29. The van der Waals surface area contributed by atoms with Crippen molar-refractivity contribution in [2.24, 2.45) is 12.8 Å². The Morgan fingerprint density at radius 1 is 1.56 bits per heavy atom. The summed E-state index contributed by atoms with van der Waals surface area (Å²) in [6.07, 6.45) is 6.59. The highest BCUT2D eigenvalue weighted by atomic mass is 15.3. The van der Waals surface area contributed by atoms with Crippen LogP contribution < -0.4 is 5.73 Å². The van der Waals surface area contributed by atoms with Crippen LogP contribution in [0.4, 0.5) is 0 Å². The summed E-state index contributed by atoms with van der Waals surface area (Å²) in [7, 11) is 1.95. The Labute approximate surface area is 97.4 Å². The van der Waals surface area contributed by atoms with E-state index in [-0.39, 0.29) is 6.04 Å². The second-order valence-electron chi connectivity index (χ2n) is 4.98. The van der Waals surface area contributed by atoms with E-state index in [2.05, 4.69) is 30.0 Å². The number of hydrogen-bond acceptors (Lipinski definition) is 3. The van der Waals surface area contributed by atoms with E-state index in [1.807, 2.05) is 17.9 Å². The van der Waals surface area contributed by atoms with E-state index in [1.165, 1.54) is 18.4 Å². The molecule has 4 nitrogen and oxygen atoms in total. The molecule has 90 valence electrons. The Kier molecular flexibility index (Phi) is 3.30. The minimum atomic E-state index is 0.143. The van der Waals surface area contributed by atoms with Gasteiger partial charge in [-0.3, -0.25) is 9.58 Å². The molecule has 0 saturated carbocycles. The zero-order chi connectivity index (χ0) is 11.7. The fourth-order valence-corrected chi connectivity index (χ4v) is 2.76. The largest absolute Gasteiger partial charge is 0.326 e. The molecule has 2 rings (SSSR count). The molecule has 1 aliphatic rings. The smallest absolute Gasteiger partial charge is 0.0538 e. The number of nitrogens with zero attached hydrogens (tertiary/aromatic N) is 3. The van der Waals surface area contributed by atoms with E-state index in [0.29, 0.717) is 12.1 Å². The summed E-state index contributed by atoms with van der Waals surface area (Å²) in [4.78, 5) is 2.52. The number of rotatable bonds is 3. The summed E-state index contributed by atoms with van der Waals surface area (Å²) in [5.41, 5.74) is 7.38. The van der Waals surface area contributed by atoms with Gasteiger partial charge in [-0.25, -0.2) is 0 Å². The maximum Gasteiger partial charge on any atom is 0.0538 e. The van der Waals surface area contributed by atoms with Crippen LogP contribution in [0.1, 0.15) is 38.3 Å². The summed E-state index contributed by atoms with van der Waals surface area (Å²) in [6.45, 7) is 5.53. The fourth-order valence-electron chi connectivity index (χ4n) is 2.76. The molecule has 3 atom stereocenters. The third kappa shape index (κ3) is 2.13. The molecule has 0 aromatic carbocycles. The lowest BCUT2D eigenvalue weighted by molar-refractivity contribution is 0.170. The highest BCUT2D eigenvalue weighted by Gasteiger charge is 2.31. The Hall–Kier alpha value is -0.870. The molecule has 1 aromatic rings. The highest BCUT2D eigenvalue weighted by molar-refractivity contribution is 5.14. The van der Waals surface area contributed by atoms with Crippen LogP contribution >= 0.6 is 0 Å². The van der Waals surface area contributed by atoms with Gasteiger partial charge in [0.05, 0.1) is 12.2 Å². The average Bonchev–Trinajstić information content (AvgIpc) is 2.78. The lowest BCUT2D eigenvalue weighted by Crippen LogP contribution is -2.41. The molecular weight excluding hydrogens is 200 g/mol. The van der Waals surface area contributed by atoms with Crippen LogP contribution in [-0.2, 0) is 7.05 Å². The summed E-state index contributed by atoms with van der Waals surface area (Å²) in [5.74, 6) is 0. The second-order valence-corrected chi connectivity index (χ2v) is 4.98. The van der Waals surface area contributed by atoms with Crippen molar-refractivity contribution in [1.29, 1.82) is 0 Å². The van der Waals surface area contributed by atoms with Gasteiger partial charge in [-0.2, -0.15) is 5.10 Å². The normalized spacial score (nSPS) is 25.9. The molecule has 3 unspecified atom stereocenters. The number of likely N-dealkylation sites (tertiary alicyclic amines) is 1. The van der Waals surface area contributed by atoms with Crippen molar-refractivity contribution in [3.05, 3.63) is 18.0 Å². The molecule has 1 aliphatic heterocycles. The van der Waals surface area contributed by atoms with Gasteiger partial charge in [0.2, 0.25) is 0 Å². The lowest BCUT2D eigenvalue weighted by Gasteiger charge is -2.33. The van der Waals surface area contributed by atoms with Gasteiger partial charge in [0.25, 0.3) is 0 Å². The van der Waals surface area contributed by atoms with E-state index in [1.54, 1.807) is 0 Å². The highest BCUT2D eigenvalue weighted by Crippen LogP contribution is 2.30. The third-order valence-corrected chi connectivity index (χ3v) is 3.53. The Morgan fingerprint density at radius 3 is 2.75 bits per heavy atom. The summed E-state index contributed by atoms with van der Waals surface area (Å²) >= 11 is 0. The molecule has 0 bridgehead atoms. The lowest BCUT2D eigenvalue weighted by atomic mass is 10.0. The van der Waals surface area contributed by atoms with Crippen LogP contribution in [0.3, 0.4) is 0 Å². The first-order valence-corrected chi connectivity index (χ1v) is 6.09. The van der Waals surface area contributed by atoms with Crippen LogP contribution in [0.2, 0.25) is 0 Å². The van der Waals surface area contributed by atoms with Gasteiger partial charge >= 0.3 is 0 Å². The van der Waals surface area contributed by atoms with Crippen molar-refractivity contribution < 1.29 is 0 Å². The van der Waals surface area contributed by atoms with Gasteiger partial charge in [-0.1, -0.05) is 0 Å². The fraction of sp³-hybridized carbons (Fsp3) is 0.750. The second kappa shape index (κ2) is 4.55. The van der Waals surface area contributed by atoms with Crippen molar-refractivity contribution >= 4 is 0 Å². The average molecular weight is 222 g/mol. The van der Waals surface area contributed by atoms with E-state index in [4.69, 9.17) is 5.73 Å². The summed E-state index contributed by atoms with van der Waals surface area (Å²) < 4.78 is 1.85. The summed E-state index contributed by atoms with van der Waals surface area (Å²) in [6, 6.07) is 1.09. The molecular formula is C12H22N4. The zero-order valence-corrected chi connectivity index (χ0v) is 10.4. The summed E-state index contributed by atoms with van der Waals surface area (Å²) in [5, 5.41) is 4.25. The van der Waals surface area contributed by atoms with Gasteiger partial charge in [0.1, 0.15) is 0 Å². The Morgan fingerprint density at radius 2 is 2.31 bits per heavy atom. The van der Waals surface area contributed by atoms with Gasteiger partial charge in [-0.05, 0) is 33.2 Å². The maximum atomic E-state index is 6.14. The topological polar surface area (TPSA) is 47.1 Å². The number of aromatic nitrogens is 2. The molecule has 2 N–H and O–H groups in total. The first kappa shape index (κ1) is 11.6. The van der Waals surface area contributed by atoms with E-state index < -0.39 is 0 Å². The van der Waals surface area contributed by atoms with E-state index in [0.717, 1.165) is 6.54 Å². The molecule has 0 spiro atoms. The van der Waals surface area contributed by atoms with Gasteiger partial charge in [0.15, 0.2) is 0 Å². The molecule has 1 fully saturated rings. The molecule has 16 heavy (non-hydrogen) atoms. The van der Waals surface area contributed by atoms with Crippen LogP contribution in [0, 0.1) is 0 Å². The standard InChI is InChI=1S/C12H22N4/c1-9-5-4-6-16(9)12(10(2)13)11-7-14-15(3)8-11/h7-10,12H,4-6,13H2,1-3H3. The predicted molar refractivity (Wildman–Crippen MR) is 65.0 cm³/mol. The van der Waals surface area contributed by atoms with Crippen molar-refractivity contribution in [3.8, 4) is 0 Å². The molecule has 1 saturated heterocycles.